The van der Waals surface area contributed by atoms with Crippen LogP contribution in [0.1, 0.15) is 24.8 Å². The molecule has 1 N–H and O–H groups in total. The maximum absolute atomic E-state index is 13.5. The van der Waals surface area contributed by atoms with Crippen molar-refractivity contribution in [2.24, 2.45) is 4.99 Å². The normalized spacial score (nSPS) is 24.7. The van der Waals surface area contributed by atoms with Gasteiger partial charge in [0.25, 0.3) is 0 Å². The number of hydrogen-bond acceptors (Lipinski definition) is 5. The van der Waals surface area contributed by atoms with Gasteiger partial charge in [-0.3, -0.25) is 9.59 Å². The number of amides is 1. The molecule has 1 aromatic carbocycles. The van der Waals surface area contributed by atoms with E-state index in [1.54, 1.807) is 0 Å². The summed E-state index contributed by atoms with van der Waals surface area (Å²) in [6, 6.07) is 3.98. The predicted molar refractivity (Wildman–Crippen MR) is 102 cm³/mol. The number of aliphatic carboxylic acids is 1. The molecule has 12 heteroatoms. The number of anilines is 1. The third-order valence-corrected chi connectivity index (χ3v) is 7.75. The molecule has 158 valence electrons. The third kappa shape index (κ3) is 4.92. The Morgan fingerprint density at radius 2 is 1.90 bits per heavy atom. The molecule has 2 aliphatic heterocycles. The number of halogens is 3. The molecule has 0 bridgehead atoms. The molecule has 1 amide bonds. The van der Waals surface area contributed by atoms with Crippen molar-refractivity contribution in [3.8, 4) is 0 Å². The SMILES string of the molecule is O=C(O)CCCC(=O)N=C1S[C@H]2CS(=O)(=O)C[C@H]2N1c1ccccc1C(F)(F)F. The summed E-state index contributed by atoms with van der Waals surface area (Å²) in [5, 5.41) is 8.11. The van der Waals surface area contributed by atoms with Crippen LogP contribution in [0.3, 0.4) is 0 Å². The molecular formula is C17H17F3N2O5S2. The maximum atomic E-state index is 13.5. The molecule has 0 radical (unpaired) electrons. The first-order chi connectivity index (χ1) is 13.5. The zero-order valence-electron chi connectivity index (χ0n) is 14.9. The van der Waals surface area contributed by atoms with Crippen LogP contribution in [0.4, 0.5) is 18.9 Å². The van der Waals surface area contributed by atoms with Crippen molar-refractivity contribution in [3.05, 3.63) is 29.8 Å². The zero-order valence-corrected chi connectivity index (χ0v) is 16.6. The molecule has 1 aromatic rings. The first-order valence-corrected chi connectivity index (χ1v) is 11.3. The summed E-state index contributed by atoms with van der Waals surface area (Å²) in [4.78, 5) is 27.8. The molecule has 2 atom stereocenters. The van der Waals surface area contributed by atoms with Crippen LogP contribution in [0.2, 0.25) is 0 Å². The maximum Gasteiger partial charge on any atom is 0.418 e. The second kappa shape index (κ2) is 7.98. The van der Waals surface area contributed by atoms with Gasteiger partial charge in [-0.2, -0.15) is 18.2 Å². The number of carbonyl (C=O) groups is 2. The second-order valence-corrected chi connectivity index (χ2v) is 10.1. The van der Waals surface area contributed by atoms with Gasteiger partial charge in [0.1, 0.15) is 0 Å². The van der Waals surface area contributed by atoms with Gasteiger partial charge in [-0.1, -0.05) is 23.9 Å². The molecule has 3 rings (SSSR count). The lowest BCUT2D eigenvalue weighted by Crippen LogP contribution is -2.39. The number of hydrogen-bond donors (Lipinski definition) is 1. The Balaban J connectivity index is 1.97. The molecule has 0 unspecified atom stereocenters. The summed E-state index contributed by atoms with van der Waals surface area (Å²) in [6.07, 6.45) is -5.02. The number of rotatable bonds is 5. The minimum Gasteiger partial charge on any atom is -0.481 e. The highest BCUT2D eigenvalue weighted by Gasteiger charge is 2.51. The Morgan fingerprint density at radius 3 is 2.55 bits per heavy atom. The lowest BCUT2D eigenvalue weighted by molar-refractivity contribution is -0.138. The van der Waals surface area contributed by atoms with E-state index in [9.17, 15) is 31.2 Å². The van der Waals surface area contributed by atoms with E-state index in [4.69, 9.17) is 5.11 Å². The molecule has 7 nitrogen and oxygen atoms in total. The highest BCUT2D eigenvalue weighted by Crippen LogP contribution is 2.45. The van der Waals surface area contributed by atoms with Crippen LogP contribution in [-0.2, 0) is 25.6 Å². The molecular weight excluding hydrogens is 433 g/mol. The molecule has 2 fully saturated rings. The van der Waals surface area contributed by atoms with E-state index in [1.807, 2.05) is 0 Å². The number of carboxylic acids is 1. The number of amidine groups is 1. The fourth-order valence-electron chi connectivity index (χ4n) is 3.32. The first-order valence-electron chi connectivity index (χ1n) is 8.64. The van der Waals surface area contributed by atoms with Crippen molar-refractivity contribution in [2.45, 2.75) is 36.7 Å². The number of carbonyl (C=O) groups excluding carboxylic acids is 1. The van der Waals surface area contributed by atoms with Gasteiger partial charge in [0.2, 0.25) is 5.91 Å². The Morgan fingerprint density at radius 1 is 1.21 bits per heavy atom. The summed E-state index contributed by atoms with van der Waals surface area (Å²) in [7, 11) is -3.42. The van der Waals surface area contributed by atoms with Crippen LogP contribution in [-0.4, -0.2) is 53.4 Å². The average Bonchev–Trinajstić information content (AvgIpc) is 3.04. The van der Waals surface area contributed by atoms with Crippen LogP contribution in [0.15, 0.2) is 29.3 Å². The largest absolute Gasteiger partial charge is 0.481 e. The van der Waals surface area contributed by atoms with Gasteiger partial charge < -0.3 is 10.0 Å². The number of benzene rings is 1. The minimum absolute atomic E-state index is 0.00641. The molecule has 2 heterocycles. The van der Waals surface area contributed by atoms with E-state index in [1.165, 1.54) is 23.1 Å². The van der Waals surface area contributed by atoms with Crippen molar-refractivity contribution in [1.82, 2.24) is 0 Å². The number of fused-ring (bicyclic) bond motifs is 1. The van der Waals surface area contributed by atoms with Crippen molar-refractivity contribution >= 4 is 44.3 Å². The molecule has 0 saturated carbocycles. The fourth-order valence-corrected chi connectivity index (χ4v) is 7.25. The lowest BCUT2D eigenvalue weighted by Gasteiger charge is -2.27. The van der Waals surface area contributed by atoms with Gasteiger partial charge in [-0.15, -0.1) is 0 Å². The van der Waals surface area contributed by atoms with Crippen molar-refractivity contribution in [1.29, 1.82) is 0 Å². The first kappa shape index (κ1) is 21.6. The quantitative estimate of drug-likeness (QED) is 0.735. The summed E-state index contributed by atoms with van der Waals surface area (Å²) in [6.45, 7) is 0. The summed E-state index contributed by atoms with van der Waals surface area (Å²) < 4.78 is 64.6. The number of sulfone groups is 1. The topological polar surface area (TPSA) is 104 Å². The highest BCUT2D eigenvalue weighted by atomic mass is 32.2. The van der Waals surface area contributed by atoms with Gasteiger partial charge in [0.15, 0.2) is 15.0 Å². The second-order valence-electron chi connectivity index (χ2n) is 6.72. The van der Waals surface area contributed by atoms with Gasteiger partial charge in [0, 0.05) is 18.1 Å². The van der Waals surface area contributed by atoms with Crippen LogP contribution >= 0.6 is 11.8 Å². The average molecular weight is 450 g/mol. The monoisotopic (exact) mass is 450 g/mol. The fraction of sp³-hybridized carbons (Fsp3) is 0.471. The number of aliphatic imine (C=N–C) groups is 1. The van der Waals surface area contributed by atoms with Gasteiger partial charge >= 0.3 is 12.1 Å². The standard InChI is InChI=1S/C17H17F3N2O5S2/c18-17(19,20)10-4-1-2-5-11(10)22-12-8-29(26,27)9-13(12)28-16(22)21-14(23)6-3-7-15(24)25/h1-2,4-5,12-13H,3,6-9H2,(H,24,25)/t12-,13+/m1/s1. The van der Waals surface area contributed by atoms with E-state index >= 15 is 0 Å². The number of para-hydroxylation sites is 1. The van der Waals surface area contributed by atoms with Crippen LogP contribution in [0.25, 0.3) is 0 Å². The van der Waals surface area contributed by atoms with Gasteiger partial charge in [0.05, 0.1) is 28.8 Å². The summed E-state index contributed by atoms with van der Waals surface area (Å²) in [5.41, 5.74) is -1.20. The van der Waals surface area contributed by atoms with E-state index < -0.39 is 44.7 Å². The van der Waals surface area contributed by atoms with E-state index in [-0.39, 0.29) is 41.6 Å². The Bertz CT molecular complexity index is 962. The van der Waals surface area contributed by atoms with E-state index in [2.05, 4.69) is 4.99 Å². The Labute approximate surface area is 168 Å². The van der Waals surface area contributed by atoms with E-state index in [0.29, 0.717) is 0 Å². The molecule has 0 aliphatic carbocycles. The molecule has 2 saturated heterocycles. The highest BCUT2D eigenvalue weighted by molar-refractivity contribution is 8.16. The number of thioether (sulfide) groups is 1. The molecule has 0 spiro atoms. The van der Waals surface area contributed by atoms with Crippen LogP contribution in [0, 0.1) is 0 Å². The minimum atomic E-state index is -4.67. The number of alkyl halides is 3. The Kier molecular flexibility index (Phi) is 5.95. The van der Waals surface area contributed by atoms with Crippen molar-refractivity contribution in [2.75, 3.05) is 16.4 Å². The predicted octanol–water partition coefficient (Wildman–Crippen LogP) is 2.56. The van der Waals surface area contributed by atoms with Crippen LogP contribution in [0.5, 0.6) is 0 Å². The van der Waals surface area contributed by atoms with Gasteiger partial charge in [-0.05, 0) is 18.6 Å². The lowest BCUT2D eigenvalue weighted by atomic mass is 10.1. The van der Waals surface area contributed by atoms with Crippen LogP contribution < -0.4 is 4.90 Å². The number of nitrogens with zero attached hydrogens (tertiary/aromatic N) is 2. The Hall–Kier alpha value is -2.08. The molecule has 0 aromatic heterocycles. The number of carboxylic acid groups (broad SMARTS) is 1. The molecule has 2 aliphatic rings. The smallest absolute Gasteiger partial charge is 0.418 e. The van der Waals surface area contributed by atoms with Crippen molar-refractivity contribution in [3.63, 3.8) is 0 Å². The summed E-state index contributed by atoms with van der Waals surface area (Å²) in [5.74, 6) is -2.27. The zero-order chi connectivity index (χ0) is 21.4. The molecule has 29 heavy (non-hydrogen) atoms. The van der Waals surface area contributed by atoms with E-state index in [0.717, 1.165) is 17.8 Å². The third-order valence-electron chi connectivity index (χ3n) is 4.54. The van der Waals surface area contributed by atoms with Gasteiger partial charge in [-0.25, -0.2) is 8.42 Å². The summed E-state index contributed by atoms with van der Waals surface area (Å²) >= 11 is 0.966. The van der Waals surface area contributed by atoms with Crippen molar-refractivity contribution < 1.29 is 36.3 Å².